The molecule has 0 radical (unpaired) electrons. The van der Waals surface area contributed by atoms with E-state index in [0.717, 1.165) is 9.81 Å². The normalized spacial score (nSPS) is 9.36. The summed E-state index contributed by atoms with van der Waals surface area (Å²) >= 11 is 7.72. The van der Waals surface area contributed by atoms with E-state index in [9.17, 15) is 4.79 Å². The van der Waals surface area contributed by atoms with Crippen molar-refractivity contribution < 1.29 is 4.79 Å². The number of hydrogen-bond donors (Lipinski definition) is 2. The minimum absolute atomic E-state index is 0.0162. The zero-order valence-electron chi connectivity index (χ0n) is 8.42. The Labute approximate surface area is 98.3 Å². The third-order valence-corrected chi connectivity index (χ3v) is 3.82. The Morgan fingerprint density at radius 3 is 2.21 bits per heavy atom. The van der Waals surface area contributed by atoms with Gasteiger partial charge in [0.2, 0.25) is 0 Å². The van der Waals surface area contributed by atoms with Crippen LogP contribution < -0.4 is 11.1 Å². The lowest BCUT2D eigenvalue weighted by atomic mass is 10.2. The first-order valence-corrected chi connectivity index (χ1v) is 6.84. The Morgan fingerprint density at radius 2 is 1.93 bits per heavy atom. The molecule has 0 aliphatic heterocycles. The summed E-state index contributed by atoms with van der Waals surface area (Å²) in [6.07, 6.45) is 4.55. The van der Waals surface area contributed by atoms with Crippen molar-refractivity contribution in [1.82, 2.24) is 5.32 Å². The van der Waals surface area contributed by atoms with Gasteiger partial charge in [0.05, 0.1) is 0 Å². The number of amides is 1. The smallest absolute Gasteiger partial charge is 0.254 e. The number of thiocarbonyl (C=S) groups is 1. The molecule has 0 aliphatic carbocycles. The van der Waals surface area contributed by atoms with Gasteiger partial charge in [0.25, 0.3) is 5.91 Å². The number of thioether (sulfide) groups is 2. The van der Waals surface area contributed by atoms with E-state index in [-0.39, 0.29) is 11.0 Å². The molecule has 1 amide bonds. The lowest BCUT2D eigenvalue weighted by Crippen LogP contribution is -2.35. The van der Waals surface area contributed by atoms with E-state index in [1.54, 1.807) is 23.5 Å². The Balaban J connectivity index is 4.77. The lowest BCUT2D eigenvalue weighted by molar-refractivity contribution is -0.116. The second kappa shape index (κ2) is 7.14. The minimum Gasteiger partial charge on any atom is -0.376 e. The van der Waals surface area contributed by atoms with Gasteiger partial charge in [0.15, 0.2) is 5.11 Å². The van der Waals surface area contributed by atoms with Gasteiger partial charge in [-0.05, 0) is 31.2 Å². The van der Waals surface area contributed by atoms with Crippen LogP contribution in [0.1, 0.15) is 13.3 Å². The number of carbonyl (C=O) groups is 1. The van der Waals surface area contributed by atoms with Gasteiger partial charge in [-0.2, -0.15) is 0 Å². The molecule has 14 heavy (non-hydrogen) atoms. The largest absolute Gasteiger partial charge is 0.376 e. The Hall–Kier alpha value is -0.200. The molecule has 3 nitrogen and oxygen atoms in total. The van der Waals surface area contributed by atoms with Gasteiger partial charge in [-0.3, -0.25) is 10.1 Å². The van der Waals surface area contributed by atoms with Crippen LogP contribution in [0.15, 0.2) is 9.81 Å². The monoisotopic (exact) mass is 250 g/mol. The summed E-state index contributed by atoms with van der Waals surface area (Å²) in [4.78, 5) is 11.6. The molecule has 0 saturated carbocycles. The molecule has 0 aromatic heterocycles. The molecule has 3 N–H and O–H groups in total. The highest BCUT2D eigenvalue weighted by molar-refractivity contribution is 8.21. The highest BCUT2D eigenvalue weighted by Crippen LogP contribution is 2.28. The lowest BCUT2D eigenvalue weighted by Gasteiger charge is -2.09. The summed E-state index contributed by atoms with van der Waals surface area (Å²) in [5.41, 5.74) is 5.97. The second-order valence-electron chi connectivity index (χ2n) is 2.35. The molecule has 0 fully saturated rings. The van der Waals surface area contributed by atoms with Crippen LogP contribution >= 0.6 is 35.7 Å². The molecule has 0 saturated heterocycles. The Morgan fingerprint density at radius 1 is 1.43 bits per heavy atom. The average Bonchev–Trinajstić information content (AvgIpc) is 2.12. The van der Waals surface area contributed by atoms with Crippen molar-refractivity contribution in [3.63, 3.8) is 0 Å². The van der Waals surface area contributed by atoms with Gasteiger partial charge in [0, 0.05) is 9.81 Å². The number of carbonyl (C=O) groups excluding carboxylic acids is 1. The van der Waals surface area contributed by atoms with E-state index in [1.165, 1.54) is 0 Å². The summed E-state index contributed by atoms with van der Waals surface area (Å²) < 4.78 is 1.00. The van der Waals surface area contributed by atoms with E-state index >= 15 is 0 Å². The Bertz CT molecular complexity index is 257. The second-order valence-corrected chi connectivity index (χ2v) is 4.68. The summed E-state index contributed by atoms with van der Waals surface area (Å²) in [7, 11) is 0. The third kappa shape index (κ3) is 4.34. The van der Waals surface area contributed by atoms with Gasteiger partial charge in [-0.1, -0.05) is 6.92 Å². The number of nitrogens with two attached hydrogens (primary N) is 1. The van der Waals surface area contributed by atoms with Crippen molar-refractivity contribution in [3.05, 3.63) is 9.81 Å². The van der Waals surface area contributed by atoms with Crippen LogP contribution in [0.3, 0.4) is 0 Å². The van der Waals surface area contributed by atoms with Crippen LogP contribution in [0.2, 0.25) is 0 Å². The highest BCUT2D eigenvalue weighted by Gasteiger charge is 2.12. The van der Waals surface area contributed by atoms with E-state index in [0.29, 0.717) is 6.42 Å². The van der Waals surface area contributed by atoms with E-state index in [1.807, 2.05) is 19.4 Å². The number of hydrogen-bond acceptors (Lipinski definition) is 4. The fourth-order valence-corrected chi connectivity index (χ4v) is 2.64. The van der Waals surface area contributed by atoms with Crippen LogP contribution in [0, 0.1) is 0 Å². The average molecular weight is 250 g/mol. The summed E-state index contributed by atoms with van der Waals surface area (Å²) in [5, 5.41) is 2.44. The number of rotatable bonds is 4. The third-order valence-electron chi connectivity index (χ3n) is 1.48. The first-order valence-electron chi connectivity index (χ1n) is 3.98. The first kappa shape index (κ1) is 13.8. The van der Waals surface area contributed by atoms with Crippen molar-refractivity contribution >= 4 is 46.8 Å². The van der Waals surface area contributed by atoms with Crippen molar-refractivity contribution in [2.75, 3.05) is 12.5 Å². The minimum atomic E-state index is -0.196. The molecule has 80 valence electrons. The molecule has 0 rings (SSSR count). The molecule has 0 spiro atoms. The summed E-state index contributed by atoms with van der Waals surface area (Å²) in [5.74, 6) is -0.196. The van der Waals surface area contributed by atoms with Crippen molar-refractivity contribution in [1.29, 1.82) is 0 Å². The van der Waals surface area contributed by atoms with Crippen LogP contribution in [0.5, 0.6) is 0 Å². The van der Waals surface area contributed by atoms with Crippen LogP contribution in [-0.4, -0.2) is 23.5 Å². The van der Waals surface area contributed by atoms with Gasteiger partial charge in [0.1, 0.15) is 0 Å². The quantitative estimate of drug-likeness (QED) is 0.587. The van der Waals surface area contributed by atoms with Crippen LogP contribution in [0.4, 0.5) is 0 Å². The molecular weight excluding hydrogens is 236 g/mol. The molecule has 0 aliphatic rings. The predicted octanol–water partition coefficient (Wildman–Crippen LogP) is 1.69. The van der Waals surface area contributed by atoms with Crippen molar-refractivity contribution in [2.45, 2.75) is 13.3 Å². The molecule has 0 heterocycles. The van der Waals surface area contributed by atoms with Crippen LogP contribution in [-0.2, 0) is 4.79 Å². The fraction of sp³-hybridized carbons (Fsp3) is 0.500. The maximum absolute atomic E-state index is 11.6. The zero-order valence-corrected chi connectivity index (χ0v) is 10.9. The van der Waals surface area contributed by atoms with E-state index in [2.05, 4.69) is 17.5 Å². The molecule has 0 aromatic rings. The summed E-state index contributed by atoms with van der Waals surface area (Å²) in [6, 6.07) is 0. The predicted molar refractivity (Wildman–Crippen MR) is 69.3 cm³/mol. The molecule has 0 bridgehead atoms. The molecule has 0 unspecified atom stereocenters. The Kier molecular flexibility index (Phi) is 7.04. The van der Waals surface area contributed by atoms with Gasteiger partial charge in [-0.15, -0.1) is 23.5 Å². The standard InChI is InChI=1S/C8H14N2OS3/c1-4-5(7(13-2)14-3)6(11)10-8(9)12/h4H2,1-3H3,(H3,9,10,11,12). The van der Waals surface area contributed by atoms with Gasteiger partial charge in [-0.25, -0.2) is 0 Å². The SMILES string of the molecule is CCC(C(=O)NC(N)=S)=C(SC)SC. The maximum Gasteiger partial charge on any atom is 0.254 e. The van der Waals surface area contributed by atoms with Crippen molar-refractivity contribution in [3.8, 4) is 0 Å². The molecule has 0 atom stereocenters. The number of nitrogens with one attached hydrogen (secondary N) is 1. The maximum atomic E-state index is 11.6. The first-order chi connectivity index (χ1) is 6.56. The molecular formula is C8H14N2OS3. The zero-order chi connectivity index (χ0) is 11.1. The van der Waals surface area contributed by atoms with Crippen LogP contribution in [0.25, 0.3) is 0 Å². The molecule has 0 aromatic carbocycles. The van der Waals surface area contributed by atoms with Gasteiger partial charge >= 0.3 is 0 Å². The van der Waals surface area contributed by atoms with E-state index in [4.69, 9.17) is 5.73 Å². The topological polar surface area (TPSA) is 55.1 Å². The molecule has 6 heteroatoms. The van der Waals surface area contributed by atoms with Gasteiger partial charge < -0.3 is 5.73 Å². The highest BCUT2D eigenvalue weighted by atomic mass is 32.2. The fourth-order valence-electron chi connectivity index (χ4n) is 0.915. The van der Waals surface area contributed by atoms with Crippen molar-refractivity contribution in [2.24, 2.45) is 5.73 Å². The summed E-state index contributed by atoms with van der Waals surface area (Å²) in [6.45, 7) is 1.93. The van der Waals surface area contributed by atoms with E-state index < -0.39 is 0 Å².